The molecule has 0 spiro atoms. The molecular formula is C40H40F4N8O6S2. The molecule has 5 rings (SSSR count). The summed E-state index contributed by atoms with van der Waals surface area (Å²) >= 11 is 0.654. The van der Waals surface area contributed by atoms with Gasteiger partial charge in [-0.3, -0.25) is 19.1 Å². The first-order valence-electron chi connectivity index (χ1n) is 17.9. The Morgan fingerprint density at radius 1 is 0.933 bits per heavy atom. The molecule has 0 fully saturated rings. The Balaban J connectivity index is 0.000000567. The SMILES string of the molecule is NNC(/C=C/c1nc(CCSc2c(F)c(F)cc(F)c2F)ccc1OCCc1ccccc1)=NCCCNC(=O)c1ccc(NN)nc1.O=Cc1ccccc1S(=O)(=O)O. The fraction of sp³-hybridized carbons (Fsp3) is 0.175. The minimum Gasteiger partial charge on any atom is -0.491 e. The van der Waals surface area contributed by atoms with E-state index in [2.05, 4.69) is 31.1 Å². The first kappa shape index (κ1) is 46.5. The number of amidine groups is 1. The average molecular weight is 869 g/mol. The molecule has 2 heterocycles. The van der Waals surface area contributed by atoms with E-state index in [9.17, 15) is 35.6 Å². The Labute approximate surface area is 347 Å². The Morgan fingerprint density at radius 3 is 2.28 bits per heavy atom. The van der Waals surface area contributed by atoms with E-state index in [-0.39, 0.29) is 34.6 Å². The number of amides is 1. The molecule has 0 bridgehead atoms. The molecular weight excluding hydrogens is 829 g/mol. The van der Waals surface area contributed by atoms with Gasteiger partial charge >= 0.3 is 0 Å². The number of hydrogen-bond donors (Lipinski definition) is 6. The predicted molar refractivity (Wildman–Crippen MR) is 220 cm³/mol. The lowest BCUT2D eigenvalue weighted by molar-refractivity contribution is 0.0952. The van der Waals surface area contributed by atoms with Crippen molar-refractivity contribution in [3.8, 4) is 5.75 Å². The standard InChI is InChI=1S/C33H34F4N8O2S.C7H6O4S/c34-24-19-25(35)31(37)32(30(24)36)48-18-14-23-8-10-27(47-17-13-21-5-2-1-3-6-21)26(43-23)9-12-28(44-38)40-15-4-16-41-33(46)22-7-11-29(45-39)42-20-22;8-5-6-3-1-2-4-7(6)12(9,10)11/h1-3,5-12,19-20H,4,13-18,38-39H2,(H,40,44)(H,41,46)(H,42,45);1-5H,(H,9,10,11)/b12-9+;. The summed E-state index contributed by atoms with van der Waals surface area (Å²) in [5.74, 6) is 6.26. The number of ether oxygens (including phenoxy) is 1. The van der Waals surface area contributed by atoms with Crippen LogP contribution in [0.2, 0.25) is 0 Å². The third-order valence-electron chi connectivity index (χ3n) is 8.06. The van der Waals surface area contributed by atoms with Gasteiger partial charge in [-0.05, 0) is 60.9 Å². The number of nitrogens with zero attached hydrogens (tertiary/aromatic N) is 3. The van der Waals surface area contributed by atoms with Gasteiger partial charge in [-0.2, -0.15) is 8.42 Å². The van der Waals surface area contributed by atoms with Gasteiger partial charge in [0.05, 0.1) is 17.1 Å². The molecule has 0 saturated carbocycles. The van der Waals surface area contributed by atoms with Crippen LogP contribution >= 0.6 is 11.8 Å². The number of nitrogens with two attached hydrogens (primary N) is 2. The van der Waals surface area contributed by atoms with Gasteiger partial charge in [-0.1, -0.05) is 48.5 Å². The monoisotopic (exact) mass is 868 g/mol. The molecule has 20 heteroatoms. The number of hydrazine groups is 2. The van der Waals surface area contributed by atoms with Crippen LogP contribution in [0.1, 0.15) is 44.1 Å². The Bertz CT molecular complexity index is 2370. The second-order valence-electron chi connectivity index (χ2n) is 12.2. The summed E-state index contributed by atoms with van der Waals surface area (Å²) in [6.45, 7) is 1.08. The number of aromatic nitrogens is 2. The van der Waals surface area contributed by atoms with Crippen molar-refractivity contribution >= 4 is 51.8 Å². The van der Waals surface area contributed by atoms with Gasteiger partial charge in [0.1, 0.15) is 28.0 Å². The number of hydrogen-bond acceptors (Lipinski definition) is 12. The van der Waals surface area contributed by atoms with Crippen molar-refractivity contribution in [3.63, 3.8) is 0 Å². The highest BCUT2D eigenvalue weighted by Crippen LogP contribution is 2.30. The minimum absolute atomic E-state index is 0.0417. The molecule has 0 aliphatic rings. The first-order valence-corrected chi connectivity index (χ1v) is 20.3. The number of halogens is 4. The lowest BCUT2D eigenvalue weighted by atomic mass is 10.2. The lowest BCUT2D eigenvalue weighted by Gasteiger charge is -2.11. The van der Waals surface area contributed by atoms with E-state index in [4.69, 9.17) is 21.0 Å². The van der Waals surface area contributed by atoms with Crippen molar-refractivity contribution in [3.05, 3.63) is 149 Å². The number of anilines is 1. The number of nitrogens with one attached hydrogen (secondary N) is 3. The maximum Gasteiger partial charge on any atom is 0.295 e. The summed E-state index contributed by atoms with van der Waals surface area (Å²) in [6, 6.07) is 22.0. The number of carbonyl (C=O) groups excluding carboxylic acids is 2. The van der Waals surface area contributed by atoms with Crippen molar-refractivity contribution in [1.82, 2.24) is 20.7 Å². The van der Waals surface area contributed by atoms with Gasteiger partial charge in [0, 0.05) is 48.8 Å². The molecule has 0 aliphatic carbocycles. The smallest absolute Gasteiger partial charge is 0.295 e. The lowest BCUT2D eigenvalue weighted by Crippen LogP contribution is -2.29. The number of benzene rings is 3. The summed E-state index contributed by atoms with van der Waals surface area (Å²) < 4.78 is 91.3. The molecule has 60 heavy (non-hydrogen) atoms. The van der Waals surface area contributed by atoms with Crippen LogP contribution in [0.25, 0.3) is 6.08 Å². The predicted octanol–water partition coefficient (Wildman–Crippen LogP) is 5.72. The van der Waals surface area contributed by atoms with E-state index in [1.54, 1.807) is 36.4 Å². The number of nitrogen functional groups attached to an aromatic ring is 1. The summed E-state index contributed by atoms with van der Waals surface area (Å²) in [5, 5.41) is 2.79. The number of carbonyl (C=O) groups is 2. The Morgan fingerprint density at radius 2 is 1.65 bits per heavy atom. The minimum atomic E-state index is -4.28. The molecule has 0 aliphatic heterocycles. The van der Waals surface area contributed by atoms with Crippen LogP contribution in [0.5, 0.6) is 5.75 Å². The van der Waals surface area contributed by atoms with Gasteiger partial charge in [0.25, 0.3) is 16.0 Å². The van der Waals surface area contributed by atoms with Crippen molar-refractivity contribution < 1.29 is 44.9 Å². The van der Waals surface area contributed by atoms with Gasteiger partial charge < -0.3 is 20.9 Å². The number of thioether (sulfide) groups is 1. The highest BCUT2D eigenvalue weighted by Gasteiger charge is 2.20. The zero-order chi connectivity index (χ0) is 43.5. The molecule has 0 radical (unpaired) electrons. The maximum absolute atomic E-state index is 14.1. The van der Waals surface area contributed by atoms with Crippen molar-refractivity contribution in [2.45, 2.75) is 29.1 Å². The number of aldehydes is 1. The molecule has 1 amide bonds. The molecule has 8 N–H and O–H groups in total. The van der Waals surface area contributed by atoms with Gasteiger partial charge in [-0.25, -0.2) is 39.2 Å². The van der Waals surface area contributed by atoms with Gasteiger partial charge in [0.15, 0.2) is 29.6 Å². The van der Waals surface area contributed by atoms with Crippen LogP contribution in [0.15, 0.2) is 112 Å². The molecule has 5 aromatic rings. The van der Waals surface area contributed by atoms with Crippen LogP contribution in [0.3, 0.4) is 0 Å². The molecule has 14 nitrogen and oxygen atoms in total. The fourth-order valence-electron chi connectivity index (χ4n) is 5.06. The van der Waals surface area contributed by atoms with Crippen LogP contribution in [0, 0.1) is 23.3 Å². The zero-order valence-corrected chi connectivity index (χ0v) is 33.3. The van der Waals surface area contributed by atoms with E-state index < -0.39 is 38.3 Å². The Hall–Kier alpha value is -6.19. The first-order chi connectivity index (χ1) is 28.8. The van der Waals surface area contributed by atoms with Crippen molar-refractivity contribution in [2.75, 3.05) is 30.9 Å². The van der Waals surface area contributed by atoms with E-state index in [1.165, 1.54) is 30.5 Å². The zero-order valence-electron chi connectivity index (χ0n) is 31.7. The summed E-state index contributed by atoms with van der Waals surface area (Å²) in [7, 11) is -4.28. The number of rotatable bonds is 18. The van der Waals surface area contributed by atoms with E-state index >= 15 is 0 Å². The normalized spacial score (nSPS) is 11.4. The number of pyridine rings is 2. The van der Waals surface area contributed by atoms with Gasteiger partial charge in [0.2, 0.25) is 0 Å². The third-order valence-corrected chi connectivity index (χ3v) is 10.0. The van der Waals surface area contributed by atoms with Crippen LogP contribution in [-0.4, -0.2) is 66.4 Å². The van der Waals surface area contributed by atoms with Crippen LogP contribution < -0.4 is 32.6 Å². The van der Waals surface area contributed by atoms with Gasteiger partial charge in [-0.15, -0.1) is 11.8 Å². The summed E-state index contributed by atoms with van der Waals surface area (Å²) in [5.41, 5.74) is 7.36. The second-order valence-corrected chi connectivity index (χ2v) is 14.7. The molecule has 0 atom stereocenters. The van der Waals surface area contributed by atoms with Crippen molar-refractivity contribution in [2.24, 2.45) is 16.7 Å². The molecule has 3 aromatic carbocycles. The molecule has 0 unspecified atom stereocenters. The second kappa shape index (κ2) is 23.4. The fourth-order valence-corrected chi connectivity index (χ4v) is 6.69. The summed E-state index contributed by atoms with van der Waals surface area (Å²) in [4.78, 5) is 34.6. The number of aryl methyl sites for hydroxylation is 1. The number of aliphatic imine (C=N–C) groups is 1. The third kappa shape index (κ3) is 14.3. The maximum atomic E-state index is 14.1. The molecule has 0 saturated heterocycles. The van der Waals surface area contributed by atoms with Crippen LogP contribution in [0.4, 0.5) is 23.4 Å². The largest absolute Gasteiger partial charge is 0.491 e. The molecule has 316 valence electrons. The van der Waals surface area contributed by atoms with E-state index in [0.29, 0.717) is 84.9 Å². The topological polar surface area (TPSA) is 224 Å². The van der Waals surface area contributed by atoms with Crippen LogP contribution in [-0.2, 0) is 23.0 Å². The van der Waals surface area contributed by atoms with Crippen molar-refractivity contribution in [1.29, 1.82) is 0 Å². The van der Waals surface area contributed by atoms with E-state index in [1.807, 2.05) is 30.3 Å². The molecule has 2 aromatic heterocycles. The Kier molecular flexibility index (Phi) is 18.1. The highest BCUT2D eigenvalue weighted by atomic mass is 32.2. The average Bonchev–Trinajstić information content (AvgIpc) is 3.25. The quantitative estimate of drug-likeness (QED) is 0.00594. The van der Waals surface area contributed by atoms with E-state index in [0.717, 1.165) is 5.56 Å². The highest BCUT2D eigenvalue weighted by molar-refractivity contribution is 7.99. The summed E-state index contributed by atoms with van der Waals surface area (Å²) in [6.07, 6.45) is 6.48.